The van der Waals surface area contributed by atoms with Crippen molar-refractivity contribution in [3.63, 3.8) is 0 Å². The lowest BCUT2D eigenvalue weighted by Gasteiger charge is -2.27. The first-order chi connectivity index (χ1) is 16.0. The summed E-state index contributed by atoms with van der Waals surface area (Å²) in [4.78, 5) is 16.3. The van der Waals surface area contributed by atoms with Crippen molar-refractivity contribution in [2.45, 2.75) is 64.5 Å². The van der Waals surface area contributed by atoms with Crippen LogP contribution in [0.5, 0.6) is 5.75 Å². The monoisotopic (exact) mass is 457 g/mol. The van der Waals surface area contributed by atoms with Crippen LogP contribution in [0, 0.1) is 11.7 Å². The minimum atomic E-state index is -0.439. The van der Waals surface area contributed by atoms with E-state index in [-0.39, 0.29) is 5.75 Å². The molecule has 4 rings (SSSR count). The van der Waals surface area contributed by atoms with Crippen LogP contribution in [0.3, 0.4) is 0 Å². The molecular weight excluding hydrogens is 421 g/mol. The molecule has 180 valence electrons. The van der Waals surface area contributed by atoms with Crippen molar-refractivity contribution in [1.82, 2.24) is 19.9 Å². The van der Waals surface area contributed by atoms with Gasteiger partial charge in [0.05, 0.1) is 7.11 Å². The zero-order chi connectivity index (χ0) is 23.2. The lowest BCUT2D eigenvalue weighted by atomic mass is 9.87. The van der Waals surface area contributed by atoms with Crippen LogP contribution in [0.1, 0.15) is 52.4 Å². The minimum Gasteiger partial charge on any atom is -0.494 e. The summed E-state index contributed by atoms with van der Waals surface area (Å²) in [7, 11) is 1.45. The Labute approximate surface area is 195 Å². The van der Waals surface area contributed by atoms with Gasteiger partial charge in [0.25, 0.3) is 0 Å². The van der Waals surface area contributed by atoms with Gasteiger partial charge in [-0.3, -0.25) is 4.90 Å². The third-order valence-corrected chi connectivity index (χ3v) is 6.79. The number of benzene rings is 1. The van der Waals surface area contributed by atoms with E-state index >= 15 is 0 Å². The summed E-state index contributed by atoms with van der Waals surface area (Å²) in [5.41, 5.74) is 0.552. The maximum atomic E-state index is 14.2. The quantitative estimate of drug-likeness (QED) is 0.502. The highest BCUT2D eigenvalue weighted by atomic mass is 19.1. The van der Waals surface area contributed by atoms with Crippen molar-refractivity contribution in [2.24, 2.45) is 5.92 Å². The number of likely N-dealkylation sites (tertiary alicyclic amines) is 1. The van der Waals surface area contributed by atoms with Gasteiger partial charge in [0.1, 0.15) is 0 Å². The second kappa shape index (κ2) is 11.0. The summed E-state index contributed by atoms with van der Waals surface area (Å²) in [6.45, 7) is 7.48. The number of likely N-dealkylation sites (N-methyl/N-ethyl adjacent to an activating group) is 1. The van der Waals surface area contributed by atoms with Crippen LogP contribution in [0.15, 0.2) is 18.2 Å². The zero-order valence-corrected chi connectivity index (χ0v) is 19.9. The minimum absolute atomic E-state index is 0.199. The topological polar surface area (TPSA) is 87.2 Å². The van der Waals surface area contributed by atoms with Crippen LogP contribution in [-0.2, 0) is 0 Å². The molecule has 0 spiro atoms. The van der Waals surface area contributed by atoms with Gasteiger partial charge in [-0.15, -0.1) is 0 Å². The molecule has 2 aromatic rings. The van der Waals surface area contributed by atoms with Crippen LogP contribution in [0.4, 0.5) is 27.9 Å². The van der Waals surface area contributed by atoms with E-state index in [9.17, 15) is 4.39 Å². The Morgan fingerprint density at radius 3 is 2.55 bits per heavy atom. The molecule has 1 unspecified atom stereocenters. The highest BCUT2D eigenvalue weighted by Crippen LogP contribution is 2.27. The predicted octanol–water partition coefficient (Wildman–Crippen LogP) is 4.65. The molecule has 9 heteroatoms. The Balaban J connectivity index is 1.51. The van der Waals surface area contributed by atoms with Crippen molar-refractivity contribution in [3.05, 3.63) is 24.0 Å². The Hall–Kier alpha value is -2.68. The first-order valence-electron chi connectivity index (χ1n) is 12.1. The van der Waals surface area contributed by atoms with Crippen molar-refractivity contribution in [3.8, 4) is 5.75 Å². The second-order valence-electron chi connectivity index (χ2n) is 9.19. The van der Waals surface area contributed by atoms with Crippen LogP contribution in [0.2, 0.25) is 0 Å². The molecule has 0 radical (unpaired) electrons. The third kappa shape index (κ3) is 6.22. The number of nitrogens with zero attached hydrogens (tertiary/aromatic N) is 4. The number of anilines is 4. The van der Waals surface area contributed by atoms with E-state index in [2.05, 4.69) is 49.6 Å². The van der Waals surface area contributed by atoms with E-state index in [1.807, 2.05) is 0 Å². The largest absolute Gasteiger partial charge is 0.494 e. The van der Waals surface area contributed by atoms with Gasteiger partial charge in [0.2, 0.25) is 17.8 Å². The molecule has 2 heterocycles. The molecule has 0 bridgehead atoms. The number of ether oxygens (including phenoxy) is 1. The van der Waals surface area contributed by atoms with E-state index in [4.69, 9.17) is 4.74 Å². The number of nitrogens with one attached hydrogen (secondary N) is 3. The van der Waals surface area contributed by atoms with E-state index in [1.54, 1.807) is 12.1 Å². The van der Waals surface area contributed by atoms with Crippen molar-refractivity contribution in [2.75, 3.05) is 42.7 Å². The van der Waals surface area contributed by atoms with Gasteiger partial charge in [-0.05, 0) is 69.7 Å². The molecular formula is C24H36FN7O. The SMILES string of the molecule is CCN1CCCC1CNc1nc(Nc2ccc(OC)c(F)c2)nc(NC2CCC(C)CC2)n1. The molecule has 1 aromatic heterocycles. The molecule has 1 aliphatic heterocycles. The molecule has 0 amide bonds. The van der Waals surface area contributed by atoms with Gasteiger partial charge in [-0.2, -0.15) is 15.0 Å². The summed E-state index contributed by atoms with van der Waals surface area (Å²) in [5, 5.41) is 10.0. The number of aromatic nitrogens is 3. The van der Waals surface area contributed by atoms with Crippen molar-refractivity contribution in [1.29, 1.82) is 0 Å². The van der Waals surface area contributed by atoms with Gasteiger partial charge >= 0.3 is 0 Å². The lowest BCUT2D eigenvalue weighted by Crippen LogP contribution is -2.35. The molecule has 1 aliphatic carbocycles. The highest BCUT2D eigenvalue weighted by molar-refractivity contribution is 5.57. The van der Waals surface area contributed by atoms with Crippen molar-refractivity contribution < 1.29 is 9.13 Å². The molecule has 1 aromatic carbocycles. The van der Waals surface area contributed by atoms with Gasteiger partial charge in [-0.1, -0.05) is 13.8 Å². The maximum absolute atomic E-state index is 14.2. The van der Waals surface area contributed by atoms with Gasteiger partial charge < -0.3 is 20.7 Å². The standard InChI is InChI=1S/C24H36FN7O/c1-4-32-13-5-6-19(32)15-26-22-29-23(27-17-9-7-16(2)8-10-17)31-24(30-22)28-18-11-12-21(33-3)20(25)14-18/h11-12,14,16-17,19H,4-10,13,15H2,1-3H3,(H3,26,27,28,29,30,31). The third-order valence-electron chi connectivity index (χ3n) is 6.79. The van der Waals surface area contributed by atoms with Gasteiger partial charge in [0.15, 0.2) is 11.6 Å². The fourth-order valence-electron chi connectivity index (χ4n) is 4.79. The Kier molecular flexibility index (Phi) is 7.80. The average Bonchev–Trinajstić information content (AvgIpc) is 3.27. The van der Waals surface area contributed by atoms with E-state index in [1.165, 1.54) is 38.9 Å². The lowest BCUT2D eigenvalue weighted by molar-refractivity contribution is 0.277. The van der Waals surface area contributed by atoms with Crippen LogP contribution in [0.25, 0.3) is 0 Å². The number of methoxy groups -OCH3 is 1. The smallest absolute Gasteiger partial charge is 0.233 e. The van der Waals surface area contributed by atoms with Crippen molar-refractivity contribution >= 4 is 23.5 Å². The predicted molar refractivity (Wildman–Crippen MR) is 130 cm³/mol. The highest BCUT2D eigenvalue weighted by Gasteiger charge is 2.23. The fourth-order valence-corrected chi connectivity index (χ4v) is 4.79. The zero-order valence-electron chi connectivity index (χ0n) is 19.9. The number of hydrogen-bond donors (Lipinski definition) is 3. The Morgan fingerprint density at radius 1 is 1.06 bits per heavy atom. The van der Waals surface area contributed by atoms with Crippen LogP contribution < -0.4 is 20.7 Å². The molecule has 1 saturated carbocycles. The molecule has 1 saturated heterocycles. The first-order valence-corrected chi connectivity index (χ1v) is 12.1. The number of halogens is 1. The van der Waals surface area contributed by atoms with Crippen LogP contribution in [-0.4, -0.2) is 58.7 Å². The summed E-state index contributed by atoms with van der Waals surface area (Å²) < 4.78 is 19.2. The summed E-state index contributed by atoms with van der Waals surface area (Å²) >= 11 is 0. The summed E-state index contributed by atoms with van der Waals surface area (Å²) in [5.74, 6) is 1.98. The molecule has 1 atom stereocenters. The average molecular weight is 458 g/mol. The molecule has 33 heavy (non-hydrogen) atoms. The van der Waals surface area contributed by atoms with E-state index in [0.29, 0.717) is 35.6 Å². The molecule has 2 aliphatic rings. The number of hydrogen-bond acceptors (Lipinski definition) is 8. The molecule has 3 N–H and O–H groups in total. The molecule has 8 nitrogen and oxygen atoms in total. The maximum Gasteiger partial charge on any atom is 0.233 e. The first kappa shape index (κ1) is 23.5. The van der Waals surface area contributed by atoms with Crippen LogP contribution >= 0.6 is 0 Å². The number of rotatable bonds is 9. The summed E-state index contributed by atoms with van der Waals surface area (Å²) in [6.07, 6.45) is 7.02. The Bertz CT molecular complexity index is 920. The van der Waals surface area contributed by atoms with Gasteiger partial charge in [0, 0.05) is 30.4 Å². The second-order valence-corrected chi connectivity index (χ2v) is 9.19. The van der Waals surface area contributed by atoms with Gasteiger partial charge in [-0.25, -0.2) is 4.39 Å². The summed E-state index contributed by atoms with van der Waals surface area (Å²) in [6, 6.07) is 5.54. The normalized spacial score (nSPS) is 23.3. The fraction of sp³-hybridized carbons (Fsp3) is 0.625. The van der Waals surface area contributed by atoms with E-state index in [0.717, 1.165) is 38.4 Å². The Morgan fingerprint density at radius 2 is 1.82 bits per heavy atom. The van der Waals surface area contributed by atoms with E-state index < -0.39 is 5.82 Å². The molecule has 2 fully saturated rings.